The van der Waals surface area contributed by atoms with Crippen molar-refractivity contribution in [1.82, 2.24) is 5.32 Å². The Hall–Kier alpha value is -0.640. The molecule has 1 aliphatic heterocycles. The van der Waals surface area contributed by atoms with Gasteiger partial charge in [-0.05, 0) is 49.9 Å². The fraction of sp³-hybridized carbons (Fsp3) is 0.600. The molecule has 1 fully saturated rings. The Labute approximate surface area is 119 Å². The minimum atomic E-state index is -0.230. The van der Waals surface area contributed by atoms with E-state index in [9.17, 15) is 4.39 Å². The Morgan fingerprint density at radius 2 is 2.32 bits per heavy atom. The van der Waals surface area contributed by atoms with Crippen molar-refractivity contribution in [1.29, 1.82) is 0 Å². The van der Waals surface area contributed by atoms with Gasteiger partial charge in [0.1, 0.15) is 5.82 Å². The van der Waals surface area contributed by atoms with Crippen LogP contribution in [0.5, 0.6) is 0 Å². The van der Waals surface area contributed by atoms with E-state index in [0.29, 0.717) is 17.0 Å². The molecular formula is C15H21ClFNO. The monoisotopic (exact) mass is 285 g/mol. The number of hydrogen-bond acceptors (Lipinski definition) is 2. The zero-order valence-electron chi connectivity index (χ0n) is 11.3. The van der Waals surface area contributed by atoms with E-state index in [1.807, 2.05) is 0 Å². The molecule has 19 heavy (non-hydrogen) atoms. The molecular weight excluding hydrogens is 265 g/mol. The lowest BCUT2D eigenvalue weighted by atomic mass is 9.95. The maximum absolute atomic E-state index is 13.9. The van der Waals surface area contributed by atoms with Crippen molar-refractivity contribution in [2.24, 2.45) is 0 Å². The first-order chi connectivity index (χ1) is 9.20. The minimum Gasteiger partial charge on any atom is -0.377 e. The highest BCUT2D eigenvalue weighted by atomic mass is 35.5. The predicted octanol–water partition coefficient (Wildman–Crippen LogP) is 3.57. The standard InChI is InChI=1S/C15H21ClFNO/c1-2-18-14(15-5-3-4-8-19-15)9-11-6-7-12(16)10-13(11)17/h6-7,10,14-15,18H,2-5,8-9H2,1H3. The highest BCUT2D eigenvalue weighted by Crippen LogP contribution is 2.21. The molecule has 1 saturated heterocycles. The van der Waals surface area contributed by atoms with E-state index in [-0.39, 0.29) is 18.0 Å². The van der Waals surface area contributed by atoms with Crippen molar-refractivity contribution in [3.8, 4) is 0 Å². The van der Waals surface area contributed by atoms with Gasteiger partial charge >= 0.3 is 0 Å². The third kappa shape index (κ3) is 4.16. The lowest BCUT2D eigenvalue weighted by Crippen LogP contribution is -2.44. The summed E-state index contributed by atoms with van der Waals surface area (Å²) in [7, 11) is 0. The first kappa shape index (κ1) is 14.8. The Morgan fingerprint density at radius 3 is 2.95 bits per heavy atom. The average molecular weight is 286 g/mol. The van der Waals surface area contributed by atoms with Crippen LogP contribution in [0.3, 0.4) is 0 Å². The van der Waals surface area contributed by atoms with E-state index in [0.717, 1.165) is 26.0 Å². The smallest absolute Gasteiger partial charge is 0.127 e. The van der Waals surface area contributed by atoms with E-state index in [2.05, 4.69) is 12.2 Å². The molecule has 2 unspecified atom stereocenters. The van der Waals surface area contributed by atoms with Crippen molar-refractivity contribution in [2.75, 3.05) is 13.2 Å². The van der Waals surface area contributed by atoms with Crippen molar-refractivity contribution in [3.05, 3.63) is 34.6 Å². The zero-order valence-corrected chi connectivity index (χ0v) is 12.0. The molecule has 1 aliphatic rings. The summed E-state index contributed by atoms with van der Waals surface area (Å²) < 4.78 is 19.7. The summed E-state index contributed by atoms with van der Waals surface area (Å²) >= 11 is 5.78. The van der Waals surface area contributed by atoms with Crippen LogP contribution in [0.25, 0.3) is 0 Å². The Bertz CT molecular complexity index is 407. The lowest BCUT2D eigenvalue weighted by molar-refractivity contribution is -0.00723. The van der Waals surface area contributed by atoms with Gasteiger partial charge in [0, 0.05) is 17.7 Å². The number of ether oxygens (including phenoxy) is 1. The van der Waals surface area contributed by atoms with Gasteiger partial charge in [0.25, 0.3) is 0 Å². The molecule has 0 radical (unpaired) electrons. The molecule has 2 rings (SSSR count). The van der Waals surface area contributed by atoms with Crippen LogP contribution in [-0.2, 0) is 11.2 Å². The molecule has 0 aliphatic carbocycles. The Morgan fingerprint density at radius 1 is 1.47 bits per heavy atom. The average Bonchev–Trinajstić information content (AvgIpc) is 2.42. The molecule has 1 heterocycles. The number of rotatable bonds is 5. The zero-order chi connectivity index (χ0) is 13.7. The SMILES string of the molecule is CCNC(Cc1ccc(Cl)cc1F)C1CCCCO1. The van der Waals surface area contributed by atoms with Gasteiger partial charge in [-0.1, -0.05) is 24.6 Å². The Balaban J connectivity index is 2.06. The first-order valence-corrected chi connectivity index (χ1v) is 7.37. The number of hydrogen-bond donors (Lipinski definition) is 1. The molecule has 0 amide bonds. The molecule has 1 N–H and O–H groups in total. The van der Waals surface area contributed by atoms with Crippen molar-refractivity contribution >= 4 is 11.6 Å². The molecule has 1 aromatic rings. The second-order valence-electron chi connectivity index (χ2n) is 5.01. The molecule has 106 valence electrons. The van der Waals surface area contributed by atoms with E-state index < -0.39 is 0 Å². The minimum absolute atomic E-state index is 0.168. The van der Waals surface area contributed by atoms with Gasteiger partial charge in [-0.3, -0.25) is 0 Å². The van der Waals surface area contributed by atoms with Crippen LogP contribution in [0.4, 0.5) is 4.39 Å². The van der Waals surface area contributed by atoms with Crippen LogP contribution < -0.4 is 5.32 Å². The molecule has 4 heteroatoms. The predicted molar refractivity (Wildman–Crippen MR) is 76.2 cm³/mol. The van der Waals surface area contributed by atoms with Gasteiger partial charge in [-0.2, -0.15) is 0 Å². The van der Waals surface area contributed by atoms with Gasteiger partial charge in [-0.25, -0.2) is 4.39 Å². The molecule has 1 aromatic carbocycles. The summed E-state index contributed by atoms with van der Waals surface area (Å²) in [5.74, 6) is -0.230. The summed E-state index contributed by atoms with van der Waals surface area (Å²) in [6, 6.07) is 5.05. The Kier molecular flexibility index (Phi) is 5.61. The van der Waals surface area contributed by atoms with Gasteiger partial charge in [0.05, 0.1) is 6.10 Å². The van der Waals surface area contributed by atoms with Crippen molar-refractivity contribution in [3.63, 3.8) is 0 Å². The summed E-state index contributed by atoms with van der Waals surface area (Å²) in [6.07, 6.45) is 4.19. The largest absolute Gasteiger partial charge is 0.377 e. The molecule has 2 atom stereocenters. The third-order valence-corrected chi connectivity index (χ3v) is 3.82. The number of likely N-dealkylation sites (N-methyl/N-ethyl adjacent to an activating group) is 1. The quantitative estimate of drug-likeness (QED) is 0.893. The van der Waals surface area contributed by atoms with E-state index >= 15 is 0 Å². The fourth-order valence-electron chi connectivity index (χ4n) is 2.60. The molecule has 0 spiro atoms. The van der Waals surface area contributed by atoms with Crippen LogP contribution in [0, 0.1) is 5.82 Å². The topological polar surface area (TPSA) is 21.3 Å². The van der Waals surface area contributed by atoms with E-state index in [1.165, 1.54) is 12.5 Å². The highest BCUT2D eigenvalue weighted by Gasteiger charge is 2.24. The highest BCUT2D eigenvalue weighted by molar-refractivity contribution is 6.30. The number of halogens is 2. The van der Waals surface area contributed by atoms with Crippen LogP contribution in [0.1, 0.15) is 31.7 Å². The summed E-state index contributed by atoms with van der Waals surface area (Å²) in [5, 5.41) is 3.86. The summed E-state index contributed by atoms with van der Waals surface area (Å²) in [5.41, 5.74) is 0.699. The normalized spacial score (nSPS) is 21.3. The third-order valence-electron chi connectivity index (χ3n) is 3.58. The second-order valence-corrected chi connectivity index (χ2v) is 5.45. The molecule has 0 bridgehead atoms. The van der Waals surface area contributed by atoms with E-state index in [1.54, 1.807) is 12.1 Å². The van der Waals surface area contributed by atoms with Gasteiger partial charge in [-0.15, -0.1) is 0 Å². The maximum atomic E-state index is 13.9. The molecule has 0 saturated carbocycles. The lowest BCUT2D eigenvalue weighted by Gasteiger charge is -2.31. The van der Waals surface area contributed by atoms with E-state index in [4.69, 9.17) is 16.3 Å². The van der Waals surface area contributed by atoms with Crippen molar-refractivity contribution in [2.45, 2.75) is 44.8 Å². The maximum Gasteiger partial charge on any atom is 0.127 e. The van der Waals surface area contributed by atoms with Crippen LogP contribution in [0.15, 0.2) is 18.2 Å². The fourth-order valence-corrected chi connectivity index (χ4v) is 2.76. The first-order valence-electron chi connectivity index (χ1n) is 6.99. The second kappa shape index (κ2) is 7.22. The van der Waals surface area contributed by atoms with Crippen molar-refractivity contribution < 1.29 is 9.13 Å². The molecule has 2 nitrogen and oxygen atoms in total. The summed E-state index contributed by atoms with van der Waals surface area (Å²) in [4.78, 5) is 0. The number of benzene rings is 1. The van der Waals surface area contributed by atoms with Gasteiger partial charge in [0.15, 0.2) is 0 Å². The van der Waals surface area contributed by atoms with Crippen LogP contribution in [0.2, 0.25) is 5.02 Å². The summed E-state index contributed by atoms with van der Waals surface area (Å²) in [6.45, 7) is 3.74. The molecule has 0 aromatic heterocycles. The van der Waals surface area contributed by atoms with Crippen LogP contribution in [-0.4, -0.2) is 25.3 Å². The van der Waals surface area contributed by atoms with Gasteiger partial charge < -0.3 is 10.1 Å². The van der Waals surface area contributed by atoms with Crippen LogP contribution >= 0.6 is 11.6 Å². The van der Waals surface area contributed by atoms with Gasteiger partial charge in [0.2, 0.25) is 0 Å². The number of nitrogens with one attached hydrogen (secondary N) is 1.